The number of nitrogens with one attached hydrogen (secondary N) is 1. The summed E-state index contributed by atoms with van der Waals surface area (Å²) < 4.78 is 0. The van der Waals surface area contributed by atoms with E-state index in [1.54, 1.807) is 6.07 Å². The number of pyridine rings is 1. The van der Waals surface area contributed by atoms with Gasteiger partial charge >= 0.3 is 0 Å². The summed E-state index contributed by atoms with van der Waals surface area (Å²) in [5.41, 5.74) is 1.80. The van der Waals surface area contributed by atoms with Crippen LogP contribution in [0.25, 0.3) is 10.9 Å². The predicted molar refractivity (Wildman–Crippen MR) is 54.0 cm³/mol. The molecule has 68 valence electrons. The molecule has 1 aromatic carbocycles. The van der Waals surface area contributed by atoms with Crippen LogP contribution in [-0.4, -0.2) is 4.98 Å². The van der Waals surface area contributed by atoms with Crippen LogP contribution in [0.1, 0.15) is 11.1 Å². The van der Waals surface area contributed by atoms with Gasteiger partial charge in [0.1, 0.15) is 11.6 Å². The molecule has 0 bridgehead atoms. The number of nitrogens with zero attached hydrogens (tertiary/aromatic N) is 1. The van der Waals surface area contributed by atoms with Crippen molar-refractivity contribution in [1.82, 2.24) is 4.98 Å². The molecule has 0 amide bonds. The Balaban J connectivity index is 2.93. The molecule has 0 atom stereocenters. The molecule has 0 radical (unpaired) electrons. The Kier molecular flexibility index (Phi) is 1.83. The molecule has 0 saturated carbocycles. The highest BCUT2D eigenvalue weighted by Gasteiger charge is 2.03. The molecule has 1 aromatic heterocycles. The van der Waals surface area contributed by atoms with Crippen LogP contribution >= 0.6 is 0 Å². The van der Waals surface area contributed by atoms with Crippen LogP contribution in [0.5, 0.6) is 0 Å². The Morgan fingerprint density at radius 3 is 2.93 bits per heavy atom. The van der Waals surface area contributed by atoms with E-state index in [-0.39, 0.29) is 11.0 Å². The Morgan fingerprint density at radius 2 is 2.21 bits per heavy atom. The molecule has 2 aromatic rings. The topological polar surface area (TPSA) is 56.6 Å². The van der Waals surface area contributed by atoms with Crippen LogP contribution in [0.2, 0.25) is 0 Å². The van der Waals surface area contributed by atoms with E-state index in [0.717, 1.165) is 11.1 Å². The molecular weight excluding hydrogens is 176 g/mol. The van der Waals surface area contributed by atoms with Crippen molar-refractivity contribution in [3.63, 3.8) is 0 Å². The molecule has 0 aliphatic carbocycles. The summed E-state index contributed by atoms with van der Waals surface area (Å²) in [6, 6.07) is 7.35. The second-order valence-electron chi connectivity index (χ2n) is 3.19. The van der Waals surface area contributed by atoms with Gasteiger partial charge in [-0.15, -0.1) is 0 Å². The molecule has 0 aliphatic rings. The van der Waals surface area contributed by atoms with E-state index in [9.17, 15) is 4.79 Å². The van der Waals surface area contributed by atoms with Gasteiger partial charge in [-0.05, 0) is 24.6 Å². The lowest BCUT2D eigenvalue weighted by molar-refractivity contribution is 1.33. The van der Waals surface area contributed by atoms with Gasteiger partial charge in [-0.3, -0.25) is 4.79 Å². The highest BCUT2D eigenvalue weighted by atomic mass is 16.1. The number of fused-ring (bicyclic) bond motifs is 1. The molecule has 3 heteroatoms. The Labute approximate surface area is 80.6 Å². The first-order valence-electron chi connectivity index (χ1n) is 4.24. The Bertz CT molecular complexity index is 590. The maximum atomic E-state index is 11.6. The molecule has 0 saturated heterocycles. The predicted octanol–water partition coefficient (Wildman–Crippen LogP) is 1.71. The third-order valence-corrected chi connectivity index (χ3v) is 2.16. The Hall–Kier alpha value is -2.08. The van der Waals surface area contributed by atoms with Gasteiger partial charge in [0.15, 0.2) is 0 Å². The number of H-pyrrole nitrogens is 1. The standard InChI is InChI=1S/C11H8N2O/c1-7-2-3-9-10(4-7)13-6-8(5-12)11(9)14/h2-4,6H,1H3,(H,13,14). The first-order valence-corrected chi connectivity index (χ1v) is 4.24. The van der Waals surface area contributed by atoms with Crippen LogP contribution in [0.4, 0.5) is 0 Å². The normalized spacial score (nSPS) is 10.0. The van der Waals surface area contributed by atoms with Gasteiger partial charge in [0.2, 0.25) is 5.43 Å². The summed E-state index contributed by atoms with van der Waals surface area (Å²) in [5.74, 6) is 0. The second-order valence-corrected chi connectivity index (χ2v) is 3.19. The summed E-state index contributed by atoms with van der Waals surface area (Å²) in [7, 11) is 0. The van der Waals surface area contributed by atoms with Crippen molar-refractivity contribution in [2.24, 2.45) is 0 Å². The Morgan fingerprint density at radius 1 is 1.43 bits per heavy atom. The first-order chi connectivity index (χ1) is 6.72. The minimum Gasteiger partial charge on any atom is -0.360 e. The highest BCUT2D eigenvalue weighted by Crippen LogP contribution is 2.09. The summed E-state index contributed by atoms with van der Waals surface area (Å²) >= 11 is 0. The lowest BCUT2D eigenvalue weighted by atomic mass is 10.1. The SMILES string of the molecule is Cc1ccc2c(=O)c(C#N)c[nH]c2c1. The van der Waals surface area contributed by atoms with E-state index >= 15 is 0 Å². The van der Waals surface area contributed by atoms with Gasteiger partial charge in [-0.25, -0.2) is 0 Å². The van der Waals surface area contributed by atoms with Crippen molar-refractivity contribution in [2.75, 3.05) is 0 Å². The van der Waals surface area contributed by atoms with E-state index in [1.165, 1.54) is 6.20 Å². The number of aromatic nitrogens is 1. The molecular formula is C11H8N2O. The van der Waals surface area contributed by atoms with Crippen LogP contribution < -0.4 is 5.43 Å². The lowest BCUT2D eigenvalue weighted by Gasteiger charge is -1.98. The zero-order chi connectivity index (χ0) is 10.1. The number of nitriles is 1. The van der Waals surface area contributed by atoms with Crippen molar-refractivity contribution in [2.45, 2.75) is 6.92 Å². The van der Waals surface area contributed by atoms with E-state index < -0.39 is 0 Å². The van der Waals surface area contributed by atoms with Crippen molar-refractivity contribution < 1.29 is 0 Å². The van der Waals surface area contributed by atoms with Crippen LogP contribution in [0.3, 0.4) is 0 Å². The molecule has 2 rings (SSSR count). The van der Waals surface area contributed by atoms with Gasteiger partial charge in [0, 0.05) is 17.1 Å². The second kappa shape index (κ2) is 3.00. The minimum absolute atomic E-state index is 0.154. The fourth-order valence-electron chi connectivity index (χ4n) is 1.42. The quantitative estimate of drug-likeness (QED) is 0.677. The van der Waals surface area contributed by atoms with Gasteiger partial charge in [0.05, 0.1) is 0 Å². The number of aromatic amines is 1. The molecule has 0 fully saturated rings. The number of rotatable bonds is 0. The lowest BCUT2D eigenvalue weighted by Crippen LogP contribution is -2.06. The van der Waals surface area contributed by atoms with Crippen molar-refractivity contribution in [3.8, 4) is 6.07 Å². The molecule has 0 unspecified atom stereocenters. The maximum absolute atomic E-state index is 11.6. The molecule has 3 nitrogen and oxygen atoms in total. The number of hydrogen-bond donors (Lipinski definition) is 1. The van der Waals surface area contributed by atoms with E-state index in [4.69, 9.17) is 5.26 Å². The zero-order valence-electron chi connectivity index (χ0n) is 7.66. The first kappa shape index (κ1) is 8.52. The van der Waals surface area contributed by atoms with Crippen LogP contribution in [0, 0.1) is 18.3 Å². The average Bonchev–Trinajstić information content (AvgIpc) is 2.18. The largest absolute Gasteiger partial charge is 0.360 e. The van der Waals surface area contributed by atoms with Crippen LogP contribution in [-0.2, 0) is 0 Å². The zero-order valence-corrected chi connectivity index (χ0v) is 7.66. The average molecular weight is 184 g/mol. The molecule has 1 heterocycles. The van der Waals surface area contributed by atoms with Gasteiger partial charge in [-0.1, -0.05) is 6.07 Å². The molecule has 0 aliphatic heterocycles. The summed E-state index contributed by atoms with van der Waals surface area (Å²) in [6.07, 6.45) is 1.45. The van der Waals surface area contributed by atoms with Crippen molar-refractivity contribution in [3.05, 3.63) is 45.7 Å². The summed E-state index contributed by atoms with van der Waals surface area (Å²) in [4.78, 5) is 14.6. The van der Waals surface area contributed by atoms with Gasteiger partial charge in [-0.2, -0.15) is 5.26 Å². The third-order valence-electron chi connectivity index (χ3n) is 2.16. The number of aryl methyl sites for hydroxylation is 1. The van der Waals surface area contributed by atoms with Gasteiger partial charge < -0.3 is 4.98 Å². The molecule has 0 spiro atoms. The van der Waals surface area contributed by atoms with Crippen LogP contribution in [0.15, 0.2) is 29.2 Å². The van der Waals surface area contributed by atoms with Crippen molar-refractivity contribution >= 4 is 10.9 Å². The highest BCUT2D eigenvalue weighted by molar-refractivity contribution is 5.80. The fourth-order valence-corrected chi connectivity index (χ4v) is 1.42. The van der Waals surface area contributed by atoms with Gasteiger partial charge in [0.25, 0.3) is 0 Å². The minimum atomic E-state index is -0.207. The summed E-state index contributed by atoms with van der Waals surface area (Å²) in [5, 5.41) is 9.23. The van der Waals surface area contributed by atoms with Crippen molar-refractivity contribution in [1.29, 1.82) is 5.26 Å². The number of benzene rings is 1. The molecule has 1 N–H and O–H groups in total. The fraction of sp³-hybridized carbons (Fsp3) is 0.0909. The van der Waals surface area contributed by atoms with E-state index in [1.807, 2.05) is 25.1 Å². The monoisotopic (exact) mass is 184 g/mol. The maximum Gasteiger partial charge on any atom is 0.207 e. The van der Waals surface area contributed by atoms with E-state index in [2.05, 4.69) is 4.98 Å². The third kappa shape index (κ3) is 1.17. The smallest absolute Gasteiger partial charge is 0.207 e. The summed E-state index contributed by atoms with van der Waals surface area (Å²) in [6.45, 7) is 1.95. The molecule has 14 heavy (non-hydrogen) atoms. The number of hydrogen-bond acceptors (Lipinski definition) is 2. The van der Waals surface area contributed by atoms with E-state index in [0.29, 0.717) is 5.39 Å².